The third kappa shape index (κ3) is 6.15. The van der Waals surface area contributed by atoms with Crippen LogP contribution in [0.3, 0.4) is 0 Å². The number of hydrogen-bond donors (Lipinski definition) is 2. The number of aliphatic hydroxyl groups is 1. The van der Waals surface area contributed by atoms with Gasteiger partial charge in [-0.25, -0.2) is 0 Å². The number of hydrogen-bond acceptors (Lipinski definition) is 3. The quantitative estimate of drug-likeness (QED) is 0.390. The second kappa shape index (κ2) is 11.0. The number of benzene rings is 2. The SMILES string of the molecule is CC[C@@H](CC(O)C(F)(F)F)N1C(=O)[C@@](C)(CC(=O)O)C[C@H](c2cccc(Cl)c2)C1c1ccc(Cl)cc1. The first-order valence-corrected chi connectivity index (χ1v) is 12.3. The molecule has 0 saturated carbocycles. The van der Waals surface area contributed by atoms with E-state index < -0.39 is 60.4 Å². The van der Waals surface area contributed by atoms with Gasteiger partial charge < -0.3 is 15.1 Å². The summed E-state index contributed by atoms with van der Waals surface area (Å²) < 4.78 is 40.0. The van der Waals surface area contributed by atoms with Gasteiger partial charge in [0.25, 0.3) is 0 Å². The summed E-state index contributed by atoms with van der Waals surface area (Å²) in [6.07, 6.45) is -8.47. The summed E-state index contributed by atoms with van der Waals surface area (Å²) >= 11 is 12.3. The maximum Gasteiger partial charge on any atom is 0.414 e. The van der Waals surface area contributed by atoms with Crippen LogP contribution in [-0.2, 0) is 9.59 Å². The lowest BCUT2D eigenvalue weighted by atomic mass is 9.67. The third-order valence-corrected chi connectivity index (χ3v) is 7.36. The van der Waals surface area contributed by atoms with Gasteiger partial charge in [-0.3, -0.25) is 9.59 Å². The Morgan fingerprint density at radius 2 is 1.78 bits per heavy atom. The molecule has 2 aromatic rings. The highest BCUT2D eigenvalue weighted by Gasteiger charge is 2.53. The van der Waals surface area contributed by atoms with Crippen LogP contribution in [-0.4, -0.2) is 45.3 Å². The van der Waals surface area contributed by atoms with Gasteiger partial charge in [-0.2, -0.15) is 13.2 Å². The number of amides is 1. The zero-order valence-corrected chi connectivity index (χ0v) is 21.3. The molecule has 0 aromatic heterocycles. The molecule has 0 aliphatic carbocycles. The molecule has 1 saturated heterocycles. The van der Waals surface area contributed by atoms with Crippen molar-refractivity contribution >= 4 is 35.1 Å². The summed E-state index contributed by atoms with van der Waals surface area (Å²) in [6.45, 7) is 3.16. The number of likely N-dealkylation sites (tertiary alicyclic amines) is 1. The molecular weight excluding hydrogens is 518 g/mol. The van der Waals surface area contributed by atoms with E-state index in [0.29, 0.717) is 15.6 Å². The maximum absolute atomic E-state index is 14.0. The Hall–Kier alpha value is -2.29. The van der Waals surface area contributed by atoms with E-state index in [1.807, 2.05) is 0 Å². The highest BCUT2D eigenvalue weighted by Crippen LogP contribution is 2.52. The molecule has 1 aliphatic heterocycles. The number of carbonyl (C=O) groups is 2. The molecule has 0 radical (unpaired) electrons. The second-order valence-electron chi connectivity index (χ2n) is 9.56. The van der Waals surface area contributed by atoms with E-state index in [4.69, 9.17) is 23.2 Å². The van der Waals surface area contributed by atoms with Gasteiger partial charge >= 0.3 is 12.1 Å². The lowest BCUT2D eigenvalue weighted by molar-refractivity contribution is -0.211. The molecule has 196 valence electrons. The lowest BCUT2D eigenvalue weighted by Crippen LogP contribution is -2.57. The number of aliphatic carboxylic acids is 1. The Balaban J connectivity index is 2.23. The van der Waals surface area contributed by atoms with Crippen LogP contribution in [0.1, 0.15) is 62.6 Å². The van der Waals surface area contributed by atoms with E-state index in [-0.39, 0.29) is 12.8 Å². The molecule has 2 N–H and O–H groups in total. The van der Waals surface area contributed by atoms with Crippen molar-refractivity contribution < 1.29 is 33.0 Å². The van der Waals surface area contributed by atoms with Gasteiger partial charge in [0, 0.05) is 28.4 Å². The molecular formula is C26H28Cl2F3NO4. The Labute approximate surface area is 217 Å². The Morgan fingerprint density at radius 1 is 1.14 bits per heavy atom. The monoisotopic (exact) mass is 545 g/mol. The smallest absolute Gasteiger partial charge is 0.414 e. The zero-order chi connectivity index (χ0) is 26.8. The summed E-state index contributed by atoms with van der Waals surface area (Å²) in [7, 11) is 0. The molecule has 0 bridgehead atoms. The van der Waals surface area contributed by atoms with Gasteiger partial charge in [0.05, 0.1) is 17.9 Å². The second-order valence-corrected chi connectivity index (χ2v) is 10.4. The number of carboxylic acid groups (broad SMARTS) is 1. The lowest BCUT2D eigenvalue weighted by Gasteiger charge is -2.52. The van der Waals surface area contributed by atoms with Crippen LogP contribution in [0.25, 0.3) is 0 Å². The number of carbonyl (C=O) groups excluding carboxylic acids is 1. The van der Waals surface area contributed by atoms with Gasteiger partial charge in [0.15, 0.2) is 6.10 Å². The summed E-state index contributed by atoms with van der Waals surface area (Å²) in [5.41, 5.74) is -0.0314. The fourth-order valence-corrected chi connectivity index (χ4v) is 5.47. The van der Waals surface area contributed by atoms with Crippen LogP contribution in [0.15, 0.2) is 48.5 Å². The van der Waals surface area contributed by atoms with Gasteiger partial charge in [0.2, 0.25) is 5.91 Å². The number of rotatable bonds is 8. The maximum atomic E-state index is 14.0. The fraction of sp³-hybridized carbons (Fsp3) is 0.462. The largest absolute Gasteiger partial charge is 0.481 e. The molecule has 1 heterocycles. The highest BCUT2D eigenvalue weighted by molar-refractivity contribution is 6.30. The first kappa shape index (κ1) is 28.3. The van der Waals surface area contributed by atoms with E-state index >= 15 is 0 Å². The van der Waals surface area contributed by atoms with Gasteiger partial charge in [-0.15, -0.1) is 0 Å². The van der Waals surface area contributed by atoms with Crippen molar-refractivity contribution in [3.8, 4) is 0 Å². The molecule has 1 amide bonds. The van der Waals surface area contributed by atoms with Crippen LogP contribution < -0.4 is 0 Å². The van der Waals surface area contributed by atoms with E-state index in [1.165, 1.54) is 11.8 Å². The molecule has 0 spiro atoms. The zero-order valence-electron chi connectivity index (χ0n) is 19.8. The minimum atomic E-state index is -4.86. The van der Waals surface area contributed by atoms with Crippen LogP contribution in [0.2, 0.25) is 10.0 Å². The average Bonchev–Trinajstić information content (AvgIpc) is 2.78. The van der Waals surface area contributed by atoms with Gasteiger partial charge in [-0.05, 0) is 48.2 Å². The van der Waals surface area contributed by atoms with Crippen LogP contribution in [0, 0.1) is 5.41 Å². The van der Waals surface area contributed by atoms with Crippen LogP contribution >= 0.6 is 23.2 Å². The van der Waals surface area contributed by atoms with E-state index in [0.717, 1.165) is 5.56 Å². The molecule has 2 unspecified atom stereocenters. The summed E-state index contributed by atoms with van der Waals surface area (Å²) in [5.74, 6) is -2.24. The first-order chi connectivity index (χ1) is 16.8. The average molecular weight is 546 g/mol. The number of nitrogens with zero attached hydrogens (tertiary/aromatic N) is 1. The van der Waals surface area contributed by atoms with Crippen LogP contribution in [0.5, 0.6) is 0 Å². The third-order valence-electron chi connectivity index (χ3n) is 6.87. The van der Waals surface area contributed by atoms with Crippen molar-refractivity contribution in [3.05, 3.63) is 69.7 Å². The van der Waals surface area contributed by atoms with Crippen molar-refractivity contribution in [1.29, 1.82) is 0 Å². The first-order valence-electron chi connectivity index (χ1n) is 11.6. The number of aliphatic hydroxyl groups excluding tert-OH is 1. The minimum Gasteiger partial charge on any atom is -0.481 e. The molecule has 1 aliphatic rings. The summed E-state index contributed by atoms with van der Waals surface area (Å²) in [6, 6.07) is 11.9. The minimum absolute atomic E-state index is 0.119. The molecule has 2 aromatic carbocycles. The molecule has 1 fully saturated rings. The molecule has 5 nitrogen and oxygen atoms in total. The van der Waals surface area contributed by atoms with E-state index in [1.54, 1.807) is 55.5 Å². The number of halogens is 5. The van der Waals surface area contributed by atoms with Crippen molar-refractivity contribution in [3.63, 3.8) is 0 Å². The Bertz CT molecular complexity index is 1100. The van der Waals surface area contributed by atoms with Crippen molar-refractivity contribution in [2.24, 2.45) is 5.41 Å². The van der Waals surface area contributed by atoms with E-state index in [2.05, 4.69) is 0 Å². The molecule has 36 heavy (non-hydrogen) atoms. The van der Waals surface area contributed by atoms with Gasteiger partial charge in [-0.1, -0.05) is 61.3 Å². The summed E-state index contributed by atoms with van der Waals surface area (Å²) in [5, 5.41) is 20.4. The standard InChI is InChI=1S/C26H28Cl2F3NO4/c1-3-19(12-21(33)26(29,30)31)32-23(15-7-9-17(27)10-8-15)20(16-5-4-6-18(28)11-16)13-25(2,24(32)36)14-22(34)35/h4-11,19-21,23,33H,3,12-14H2,1-2H3,(H,34,35)/t19-,20+,21?,23?,25+/m0/s1. The Kier molecular flexibility index (Phi) is 8.63. The molecule has 10 heteroatoms. The number of piperidine rings is 1. The molecule has 5 atom stereocenters. The van der Waals surface area contributed by atoms with E-state index in [9.17, 15) is 33.0 Å². The molecule has 3 rings (SSSR count). The highest BCUT2D eigenvalue weighted by atomic mass is 35.5. The number of alkyl halides is 3. The van der Waals surface area contributed by atoms with Crippen LogP contribution in [0.4, 0.5) is 13.2 Å². The van der Waals surface area contributed by atoms with Crippen molar-refractivity contribution in [2.45, 2.75) is 69.8 Å². The summed E-state index contributed by atoms with van der Waals surface area (Å²) in [4.78, 5) is 27.1. The normalized spacial score (nSPS) is 24.4. The Morgan fingerprint density at radius 3 is 2.31 bits per heavy atom. The van der Waals surface area contributed by atoms with Gasteiger partial charge in [0.1, 0.15) is 0 Å². The topological polar surface area (TPSA) is 77.8 Å². The predicted molar refractivity (Wildman–Crippen MR) is 131 cm³/mol. The number of carboxylic acids is 1. The van der Waals surface area contributed by atoms with Crippen molar-refractivity contribution in [1.82, 2.24) is 4.90 Å². The van der Waals surface area contributed by atoms with Crippen molar-refractivity contribution in [2.75, 3.05) is 0 Å². The fourth-order valence-electron chi connectivity index (χ4n) is 5.15. The predicted octanol–water partition coefficient (Wildman–Crippen LogP) is 6.62.